The van der Waals surface area contributed by atoms with Crippen molar-refractivity contribution < 1.29 is 0 Å². The Hall–Kier alpha value is 0.500. The molecule has 0 aromatic heterocycles. The molecule has 0 heterocycles. The summed E-state index contributed by atoms with van der Waals surface area (Å²) in [6, 6.07) is 0. The van der Waals surface area contributed by atoms with Gasteiger partial charge in [0.25, 0.3) is 0 Å². The quantitative estimate of drug-likeness (QED) is 0.504. The minimum Gasteiger partial charge on any atom is -0.330 e. The average Bonchev–Trinajstić information content (AvgIpc) is 1.96. The Morgan fingerprint density at radius 2 is 1.45 bits per heavy atom. The Bertz CT molecular complexity index is 78.8. The second-order valence-corrected chi connectivity index (χ2v) is 3.57. The number of nitrogens with zero attached hydrogens (tertiary/aromatic N) is 1. The van der Waals surface area contributed by atoms with Crippen LogP contribution in [0.15, 0.2) is 0 Å². The number of halogens is 2. The lowest BCUT2D eigenvalue weighted by Crippen LogP contribution is -2.00. The highest BCUT2D eigenvalue weighted by atomic mass is 35.5. The number of unbranched alkanes of at least 4 members (excludes halogenated alkanes) is 4. The molecule has 2 nitrogen and oxygen atoms in total. The maximum absolute atomic E-state index is 5.40. The molecule has 0 saturated carbocycles. The van der Waals surface area contributed by atoms with Crippen molar-refractivity contribution in [3.63, 3.8) is 0 Å². The minimum absolute atomic E-state index is 0.756. The van der Waals surface area contributed by atoms with Gasteiger partial charge >= 0.3 is 0 Å². The van der Waals surface area contributed by atoms with Crippen molar-refractivity contribution in [2.24, 2.45) is 5.73 Å². The molecule has 0 aliphatic carbocycles. The summed E-state index contributed by atoms with van der Waals surface area (Å²) in [6.07, 6.45) is 5.85. The number of hydrogen-bond donors (Lipinski definition) is 1. The molecule has 0 aliphatic rings. The fraction of sp³-hybridized carbons (Fsp3) is 1.00. The van der Waals surface area contributed by atoms with Gasteiger partial charge in [-0.05, 0) is 42.9 Å². The summed E-state index contributed by atoms with van der Waals surface area (Å²) in [5.41, 5.74) is 5.34. The van der Waals surface area contributed by atoms with Crippen LogP contribution >= 0.6 is 23.6 Å². The maximum Gasteiger partial charge on any atom is 0.0304 e. The van der Waals surface area contributed by atoms with E-state index in [1.165, 1.54) is 23.2 Å². The van der Waals surface area contributed by atoms with Gasteiger partial charge in [0, 0.05) is 6.54 Å². The first-order chi connectivity index (χ1) is 5.27. The summed E-state index contributed by atoms with van der Waals surface area (Å²) in [7, 11) is 0. The van der Waals surface area contributed by atoms with E-state index in [0.717, 1.165) is 25.9 Å². The van der Waals surface area contributed by atoms with E-state index in [1.807, 2.05) is 0 Å². The monoisotopic (exact) mass is 198 g/mol. The van der Waals surface area contributed by atoms with Crippen molar-refractivity contribution in [1.29, 1.82) is 0 Å². The molecular weight excluding hydrogens is 183 g/mol. The van der Waals surface area contributed by atoms with Crippen LogP contribution in [0.1, 0.15) is 32.1 Å². The minimum atomic E-state index is 0.756. The molecule has 0 aromatic rings. The summed E-state index contributed by atoms with van der Waals surface area (Å²) >= 11 is 10.8. The molecule has 2 N–H and O–H groups in total. The average molecular weight is 199 g/mol. The van der Waals surface area contributed by atoms with Crippen LogP contribution in [0.25, 0.3) is 0 Å². The molecule has 0 bridgehead atoms. The Kier molecular flexibility index (Phi) is 8.99. The summed E-state index contributed by atoms with van der Waals surface area (Å²) in [4.78, 5) is 0. The normalized spacial score (nSPS) is 10.9. The van der Waals surface area contributed by atoms with Crippen LogP contribution in [-0.4, -0.2) is 17.0 Å². The highest BCUT2D eigenvalue weighted by molar-refractivity contribution is 6.33. The van der Waals surface area contributed by atoms with Crippen molar-refractivity contribution in [2.75, 3.05) is 13.1 Å². The SMILES string of the molecule is NCCCCCCCN(Cl)Cl. The van der Waals surface area contributed by atoms with Gasteiger partial charge in [0.15, 0.2) is 0 Å². The molecule has 68 valence electrons. The third kappa shape index (κ3) is 10.5. The summed E-state index contributed by atoms with van der Waals surface area (Å²) in [6.45, 7) is 1.56. The van der Waals surface area contributed by atoms with E-state index in [9.17, 15) is 0 Å². The van der Waals surface area contributed by atoms with E-state index in [4.69, 9.17) is 29.3 Å². The van der Waals surface area contributed by atoms with Crippen molar-refractivity contribution in [2.45, 2.75) is 32.1 Å². The van der Waals surface area contributed by atoms with E-state index >= 15 is 0 Å². The number of nitrogens with two attached hydrogens (primary N) is 1. The second-order valence-electron chi connectivity index (χ2n) is 2.58. The largest absolute Gasteiger partial charge is 0.330 e. The zero-order valence-electron chi connectivity index (χ0n) is 6.73. The molecule has 0 radical (unpaired) electrons. The standard InChI is InChI=1S/C7H16Cl2N2/c8-11(9)7-5-3-1-2-4-6-10/h1-7,10H2. The third-order valence-corrected chi connectivity index (χ3v) is 1.87. The van der Waals surface area contributed by atoms with Gasteiger partial charge in [-0.3, -0.25) is 0 Å². The van der Waals surface area contributed by atoms with E-state index in [0.29, 0.717) is 0 Å². The zero-order valence-corrected chi connectivity index (χ0v) is 8.24. The first-order valence-electron chi connectivity index (χ1n) is 4.06. The maximum atomic E-state index is 5.40. The first kappa shape index (κ1) is 11.5. The second kappa shape index (κ2) is 8.60. The Morgan fingerprint density at radius 3 is 2.00 bits per heavy atom. The smallest absolute Gasteiger partial charge is 0.0304 e. The lowest BCUT2D eigenvalue weighted by Gasteiger charge is -2.02. The van der Waals surface area contributed by atoms with Crippen molar-refractivity contribution in [1.82, 2.24) is 3.94 Å². The molecule has 0 spiro atoms. The molecule has 11 heavy (non-hydrogen) atoms. The Labute approximate surface area is 78.9 Å². The van der Waals surface area contributed by atoms with Gasteiger partial charge in [0.05, 0.1) is 0 Å². The van der Waals surface area contributed by atoms with Gasteiger partial charge < -0.3 is 5.73 Å². The van der Waals surface area contributed by atoms with Crippen molar-refractivity contribution >= 4 is 23.6 Å². The highest BCUT2D eigenvalue weighted by Crippen LogP contribution is 2.06. The van der Waals surface area contributed by atoms with Gasteiger partial charge in [-0.2, -0.15) is 0 Å². The lowest BCUT2D eigenvalue weighted by atomic mass is 10.1. The van der Waals surface area contributed by atoms with Crippen LogP contribution in [0.5, 0.6) is 0 Å². The molecule has 0 amide bonds. The Balaban J connectivity index is 2.80. The lowest BCUT2D eigenvalue weighted by molar-refractivity contribution is 0.570. The fourth-order valence-electron chi connectivity index (χ4n) is 0.906. The van der Waals surface area contributed by atoms with Crippen LogP contribution in [0.2, 0.25) is 0 Å². The summed E-state index contributed by atoms with van der Waals surface area (Å²) in [5, 5.41) is 0. The summed E-state index contributed by atoms with van der Waals surface area (Å²) < 4.78 is 1.18. The predicted octanol–water partition coefficient (Wildman–Crippen LogP) is 2.51. The molecule has 0 aliphatic heterocycles. The van der Waals surface area contributed by atoms with Gasteiger partial charge in [-0.1, -0.05) is 19.3 Å². The van der Waals surface area contributed by atoms with Crippen molar-refractivity contribution in [3.05, 3.63) is 0 Å². The molecule has 0 rings (SSSR count). The number of rotatable bonds is 7. The van der Waals surface area contributed by atoms with Crippen LogP contribution in [-0.2, 0) is 0 Å². The van der Waals surface area contributed by atoms with Gasteiger partial charge in [0.1, 0.15) is 0 Å². The first-order valence-corrected chi connectivity index (χ1v) is 4.74. The van der Waals surface area contributed by atoms with E-state index in [-0.39, 0.29) is 0 Å². The topological polar surface area (TPSA) is 29.3 Å². The molecule has 4 heteroatoms. The molecule has 0 fully saturated rings. The summed E-state index contributed by atoms with van der Waals surface area (Å²) in [5.74, 6) is 0. The van der Waals surface area contributed by atoms with Gasteiger partial charge in [0.2, 0.25) is 0 Å². The Morgan fingerprint density at radius 1 is 0.909 bits per heavy atom. The molecule has 0 atom stereocenters. The van der Waals surface area contributed by atoms with Crippen LogP contribution in [0.4, 0.5) is 0 Å². The van der Waals surface area contributed by atoms with Crippen LogP contribution in [0.3, 0.4) is 0 Å². The van der Waals surface area contributed by atoms with Crippen LogP contribution in [0, 0.1) is 0 Å². The van der Waals surface area contributed by atoms with Gasteiger partial charge in [-0.15, -0.1) is 3.94 Å². The predicted molar refractivity (Wildman–Crippen MR) is 50.6 cm³/mol. The van der Waals surface area contributed by atoms with E-state index < -0.39 is 0 Å². The fourth-order valence-corrected chi connectivity index (χ4v) is 1.15. The third-order valence-electron chi connectivity index (χ3n) is 1.53. The van der Waals surface area contributed by atoms with E-state index in [1.54, 1.807) is 0 Å². The highest BCUT2D eigenvalue weighted by Gasteiger charge is 1.94. The molecule has 0 aromatic carbocycles. The molecule has 0 unspecified atom stereocenters. The molecule has 0 saturated heterocycles. The molecular formula is C7H16Cl2N2. The van der Waals surface area contributed by atoms with Gasteiger partial charge in [-0.25, -0.2) is 0 Å². The zero-order chi connectivity index (χ0) is 8.53. The van der Waals surface area contributed by atoms with Crippen molar-refractivity contribution in [3.8, 4) is 0 Å². The van der Waals surface area contributed by atoms with Crippen LogP contribution < -0.4 is 5.73 Å². The number of hydrogen-bond acceptors (Lipinski definition) is 2. The van der Waals surface area contributed by atoms with E-state index in [2.05, 4.69) is 0 Å².